The summed E-state index contributed by atoms with van der Waals surface area (Å²) in [6, 6.07) is 13.6. The molecule has 0 unspecified atom stereocenters. The van der Waals surface area contributed by atoms with E-state index in [1.807, 2.05) is 36.4 Å². The van der Waals surface area contributed by atoms with E-state index in [0.29, 0.717) is 23.0 Å². The lowest BCUT2D eigenvalue weighted by Gasteiger charge is -2.00. The molecule has 0 spiro atoms. The molecule has 3 nitrogen and oxygen atoms in total. The second-order valence-corrected chi connectivity index (χ2v) is 4.75. The molecule has 0 bridgehead atoms. The number of fused-ring (bicyclic) bond motifs is 1. The first-order valence-electron chi connectivity index (χ1n) is 6.12. The molecule has 19 heavy (non-hydrogen) atoms. The quantitative estimate of drug-likeness (QED) is 0.792. The fourth-order valence-corrected chi connectivity index (χ4v) is 2.27. The molecule has 0 atom stereocenters. The molecule has 3 aromatic rings. The number of halogens is 1. The van der Waals surface area contributed by atoms with E-state index in [2.05, 4.69) is 4.98 Å². The van der Waals surface area contributed by atoms with Crippen molar-refractivity contribution in [3.05, 3.63) is 53.1 Å². The molecule has 96 valence electrons. The molecule has 0 fully saturated rings. The average molecular weight is 273 g/mol. The third kappa shape index (κ3) is 2.35. The Morgan fingerprint density at radius 3 is 2.79 bits per heavy atom. The van der Waals surface area contributed by atoms with Crippen molar-refractivity contribution >= 4 is 22.7 Å². The first-order chi connectivity index (χ1) is 9.28. The molecule has 2 aromatic carbocycles. The molecule has 1 aromatic heterocycles. The van der Waals surface area contributed by atoms with Crippen LogP contribution in [0.2, 0.25) is 5.02 Å². The number of nitrogens with two attached hydrogens (primary N) is 1. The van der Waals surface area contributed by atoms with E-state index in [4.69, 9.17) is 21.8 Å². The SMILES string of the molecule is NCCc1cccc(-c2nc3cccc(Cl)c3o2)c1. The summed E-state index contributed by atoms with van der Waals surface area (Å²) in [6.45, 7) is 0.628. The number of aromatic nitrogens is 1. The average Bonchev–Trinajstić information content (AvgIpc) is 2.85. The van der Waals surface area contributed by atoms with Crippen LogP contribution in [0.4, 0.5) is 0 Å². The van der Waals surface area contributed by atoms with E-state index in [0.717, 1.165) is 17.5 Å². The van der Waals surface area contributed by atoms with Gasteiger partial charge >= 0.3 is 0 Å². The minimum atomic E-state index is 0.578. The van der Waals surface area contributed by atoms with Crippen molar-refractivity contribution in [2.45, 2.75) is 6.42 Å². The van der Waals surface area contributed by atoms with Gasteiger partial charge in [0.25, 0.3) is 0 Å². The molecule has 0 aliphatic rings. The van der Waals surface area contributed by atoms with Crippen molar-refractivity contribution in [1.82, 2.24) is 4.98 Å². The van der Waals surface area contributed by atoms with Crippen molar-refractivity contribution in [3.63, 3.8) is 0 Å². The smallest absolute Gasteiger partial charge is 0.227 e. The van der Waals surface area contributed by atoms with E-state index in [-0.39, 0.29) is 0 Å². The summed E-state index contributed by atoms with van der Waals surface area (Å²) in [5.41, 5.74) is 9.09. The summed E-state index contributed by atoms with van der Waals surface area (Å²) in [6.07, 6.45) is 0.842. The van der Waals surface area contributed by atoms with Gasteiger partial charge in [-0.15, -0.1) is 0 Å². The zero-order chi connectivity index (χ0) is 13.2. The molecule has 1 heterocycles. The highest BCUT2D eigenvalue weighted by Gasteiger charge is 2.10. The summed E-state index contributed by atoms with van der Waals surface area (Å²) in [5.74, 6) is 0.585. The Labute approximate surface area is 116 Å². The molecule has 0 saturated carbocycles. The third-order valence-corrected chi connectivity index (χ3v) is 3.27. The van der Waals surface area contributed by atoms with Gasteiger partial charge in [-0.25, -0.2) is 4.98 Å². The number of hydrogen-bond acceptors (Lipinski definition) is 3. The Morgan fingerprint density at radius 2 is 2.00 bits per heavy atom. The van der Waals surface area contributed by atoms with Crippen LogP contribution in [0, 0.1) is 0 Å². The van der Waals surface area contributed by atoms with Crippen molar-refractivity contribution in [3.8, 4) is 11.5 Å². The van der Waals surface area contributed by atoms with E-state index in [9.17, 15) is 0 Å². The van der Waals surface area contributed by atoms with Crippen LogP contribution in [-0.2, 0) is 6.42 Å². The minimum absolute atomic E-state index is 0.578. The Bertz CT molecular complexity index is 721. The molecular weight excluding hydrogens is 260 g/mol. The van der Waals surface area contributed by atoms with E-state index >= 15 is 0 Å². The molecule has 0 amide bonds. The molecule has 3 rings (SSSR count). The van der Waals surface area contributed by atoms with E-state index in [1.54, 1.807) is 6.07 Å². The predicted molar refractivity (Wildman–Crippen MR) is 77.2 cm³/mol. The number of oxazole rings is 1. The van der Waals surface area contributed by atoms with Gasteiger partial charge in [0.05, 0.1) is 5.02 Å². The largest absolute Gasteiger partial charge is 0.435 e. The normalized spacial score (nSPS) is 11.1. The van der Waals surface area contributed by atoms with Crippen molar-refractivity contribution < 1.29 is 4.42 Å². The first-order valence-corrected chi connectivity index (χ1v) is 6.50. The first kappa shape index (κ1) is 12.2. The van der Waals surface area contributed by atoms with Crippen LogP contribution in [0.5, 0.6) is 0 Å². The molecule has 2 N–H and O–H groups in total. The summed E-state index contributed by atoms with van der Waals surface area (Å²) in [5, 5.41) is 0.578. The van der Waals surface area contributed by atoms with Crippen molar-refractivity contribution in [1.29, 1.82) is 0 Å². The van der Waals surface area contributed by atoms with Gasteiger partial charge in [0.15, 0.2) is 5.58 Å². The van der Waals surface area contributed by atoms with Gasteiger partial charge < -0.3 is 10.2 Å². The number of para-hydroxylation sites is 1. The van der Waals surface area contributed by atoms with Crippen molar-refractivity contribution in [2.24, 2.45) is 5.73 Å². The monoisotopic (exact) mass is 272 g/mol. The standard InChI is InChI=1S/C15H13ClN2O/c16-12-5-2-6-13-14(12)19-15(18-13)11-4-1-3-10(9-11)7-8-17/h1-6,9H,7-8,17H2. The summed E-state index contributed by atoms with van der Waals surface area (Å²) < 4.78 is 5.74. The number of hydrogen-bond donors (Lipinski definition) is 1. The van der Waals surface area contributed by atoms with Gasteiger partial charge in [0.2, 0.25) is 5.89 Å². The van der Waals surface area contributed by atoms with Gasteiger partial charge in [-0.3, -0.25) is 0 Å². The maximum atomic E-state index is 6.09. The number of benzene rings is 2. The molecule has 4 heteroatoms. The van der Waals surface area contributed by atoms with Crippen LogP contribution in [0.1, 0.15) is 5.56 Å². The lowest BCUT2D eigenvalue weighted by Crippen LogP contribution is -2.02. The zero-order valence-electron chi connectivity index (χ0n) is 10.3. The maximum absolute atomic E-state index is 6.09. The van der Waals surface area contributed by atoms with Crippen LogP contribution in [0.3, 0.4) is 0 Å². The van der Waals surface area contributed by atoms with Crippen molar-refractivity contribution in [2.75, 3.05) is 6.54 Å². The maximum Gasteiger partial charge on any atom is 0.227 e. The van der Waals surface area contributed by atoms with Crippen LogP contribution >= 0.6 is 11.6 Å². The summed E-state index contributed by atoms with van der Waals surface area (Å²) >= 11 is 6.09. The Balaban J connectivity index is 2.08. The molecule has 0 aliphatic heterocycles. The second-order valence-electron chi connectivity index (χ2n) is 4.35. The fraction of sp³-hybridized carbons (Fsp3) is 0.133. The predicted octanol–water partition coefficient (Wildman–Crippen LogP) is 3.65. The van der Waals surface area contributed by atoms with Gasteiger partial charge in [-0.2, -0.15) is 0 Å². The number of nitrogens with zero attached hydrogens (tertiary/aromatic N) is 1. The fourth-order valence-electron chi connectivity index (χ4n) is 2.07. The van der Waals surface area contributed by atoms with E-state index in [1.165, 1.54) is 5.56 Å². The minimum Gasteiger partial charge on any atom is -0.435 e. The highest BCUT2D eigenvalue weighted by molar-refractivity contribution is 6.34. The third-order valence-electron chi connectivity index (χ3n) is 2.97. The highest BCUT2D eigenvalue weighted by Crippen LogP contribution is 2.29. The number of rotatable bonds is 3. The van der Waals surface area contributed by atoms with Crippen LogP contribution < -0.4 is 5.73 Å². The summed E-state index contributed by atoms with van der Waals surface area (Å²) in [7, 11) is 0. The molecule has 0 saturated heterocycles. The second kappa shape index (κ2) is 5.03. The molecular formula is C15H13ClN2O. The Kier molecular flexibility index (Phi) is 3.23. The summed E-state index contributed by atoms with van der Waals surface area (Å²) in [4.78, 5) is 4.46. The van der Waals surface area contributed by atoms with Gasteiger partial charge in [0, 0.05) is 5.56 Å². The highest BCUT2D eigenvalue weighted by atomic mass is 35.5. The zero-order valence-corrected chi connectivity index (χ0v) is 11.0. The van der Waals surface area contributed by atoms with Gasteiger partial charge in [0.1, 0.15) is 5.52 Å². The Morgan fingerprint density at radius 1 is 1.16 bits per heavy atom. The van der Waals surface area contributed by atoms with Gasteiger partial charge in [-0.05, 0) is 42.8 Å². The van der Waals surface area contributed by atoms with Crippen LogP contribution in [0.15, 0.2) is 46.9 Å². The van der Waals surface area contributed by atoms with Gasteiger partial charge in [-0.1, -0.05) is 29.8 Å². The topological polar surface area (TPSA) is 52.0 Å². The van der Waals surface area contributed by atoms with Crippen LogP contribution in [-0.4, -0.2) is 11.5 Å². The van der Waals surface area contributed by atoms with Crippen LogP contribution in [0.25, 0.3) is 22.6 Å². The molecule has 0 radical (unpaired) electrons. The lowest BCUT2D eigenvalue weighted by molar-refractivity contribution is 0.620. The molecule has 0 aliphatic carbocycles. The Hall–Kier alpha value is -1.84. The lowest BCUT2D eigenvalue weighted by atomic mass is 10.1. The van der Waals surface area contributed by atoms with E-state index < -0.39 is 0 Å².